The lowest BCUT2D eigenvalue weighted by Gasteiger charge is -2.29. The van der Waals surface area contributed by atoms with Gasteiger partial charge in [0.2, 0.25) is 0 Å². The maximum Gasteiger partial charge on any atom is 0.306 e. The molecule has 6 heteroatoms. The van der Waals surface area contributed by atoms with Gasteiger partial charge in [0.25, 0.3) is 0 Å². The molecule has 1 saturated heterocycles. The van der Waals surface area contributed by atoms with Gasteiger partial charge < -0.3 is 15.6 Å². The van der Waals surface area contributed by atoms with Gasteiger partial charge in [0.15, 0.2) is 5.78 Å². The van der Waals surface area contributed by atoms with Crippen molar-refractivity contribution in [1.82, 2.24) is 4.90 Å². The fraction of sp³-hybridized carbons (Fsp3) is 0.467. The van der Waals surface area contributed by atoms with Crippen LogP contribution in [0.2, 0.25) is 0 Å². The van der Waals surface area contributed by atoms with Crippen LogP contribution in [0.3, 0.4) is 0 Å². The molecule has 114 valence electrons. The van der Waals surface area contributed by atoms with Crippen LogP contribution in [-0.4, -0.2) is 48.5 Å². The summed E-state index contributed by atoms with van der Waals surface area (Å²) < 4.78 is 5.06. The van der Waals surface area contributed by atoms with Gasteiger partial charge in [-0.2, -0.15) is 0 Å². The summed E-state index contributed by atoms with van der Waals surface area (Å²) in [5.74, 6) is -0.496. The summed E-state index contributed by atoms with van der Waals surface area (Å²) in [6, 6.07) is 4.99. The number of nitrogens with zero attached hydrogens (tertiary/aromatic N) is 1. The Hall–Kier alpha value is -2.08. The minimum absolute atomic E-state index is 0.0156. The number of benzene rings is 1. The zero-order chi connectivity index (χ0) is 15.4. The molecule has 1 fully saturated rings. The van der Waals surface area contributed by atoms with Crippen LogP contribution < -0.4 is 10.5 Å². The Labute approximate surface area is 123 Å². The Morgan fingerprint density at radius 3 is 2.57 bits per heavy atom. The third-order valence-corrected chi connectivity index (χ3v) is 3.86. The summed E-state index contributed by atoms with van der Waals surface area (Å²) in [5.41, 5.74) is 6.79. The topological polar surface area (TPSA) is 92.9 Å². The number of rotatable bonds is 5. The molecule has 0 radical (unpaired) electrons. The number of aliphatic carboxylic acids is 1. The van der Waals surface area contributed by atoms with Crippen molar-refractivity contribution < 1.29 is 19.4 Å². The number of hydrogen-bond acceptors (Lipinski definition) is 5. The van der Waals surface area contributed by atoms with Crippen LogP contribution in [0.15, 0.2) is 18.2 Å². The molecule has 0 aliphatic carbocycles. The molecule has 6 nitrogen and oxygen atoms in total. The van der Waals surface area contributed by atoms with E-state index in [0.29, 0.717) is 42.9 Å². The van der Waals surface area contributed by atoms with E-state index in [1.54, 1.807) is 18.2 Å². The number of ether oxygens (including phenoxy) is 1. The van der Waals surface area contributed by atoms with Crippen LogP contribution in [0.1, 0.15) is 23.2 Å². The largest absolute Gasteiger partial charge is 0.495 e. The smallest absolute Gasteiger partial charge is 0.306 e. The Kier molecular flexibility index (Phi) is 4.80. The van der Waals surface area contributed by atoms with Crippen LogP contribution >= 0.6 is 0 Å². The lowest BCUT2D eigenvalue weighted by atomic mass is 9.96. The Balaban J connectivity index is 1.93. The van der Waals surface area contributed by atoms with E-state index in [2.05, 4.69) is 0 Å². The molecule has 1 aromatic rings. The fourth-order valence-corrected chi connectivity index (χ4v) is 2.54. The lowest BCUT2D eigenvalue weighted by molar-refractivity contribution is -0.143. The SMILES string of the molecule is COc1ccc(C(=O)CN2CCC(C(=O)O)CC2)cc1N. The summed E-state index contributed by atoms with van der Waals surface area (Å²) in [5, 5.41) is 8.95. The molecular formula is C15H20N2O4. The molecule has 0 saturated carbocycles. The van der Waals surface area contributed by atoms with Gasteiger partial charge in [0.05, 0.1) is 25.3 Å². The molecule has 0 atom stereocenters. The first-order valence-electron chi connectivity index (χ1n) is 6.93. The number of carbonyl (C=O) groups excluding carboxylic acids is 1. The number of anilines is 1. The summed E-state index contributed by atoms with van der Waals surface area (Å²) in [6.45, 7) is 1.56. The number of likely N-dealkylation sites (tertiary alicyclic amines) is 1. The van der Waals surface area contributed by atoms with Gasteiger partial charge in [-0.3, -0.25) is 14.5 Å². The highest BCUT2D eigenvalue weighted by Gasteiger charge is 2.25. The second-order valence-corrected chi connectivity index (χ2v) is 5.27. The molecule has 0 spiro atoms. The van der Waals surface area contributed by atoms with Crippen molar-refractivity contribution in [2.24, 2.45) is 5.92 Å². The number of carboxylic acid groups (broad SMARTS) is 1. The van der Waals surface area contributed by atoms with Crippen molar-refractivity contribution >= 4 is 17.4 Å². The first-order chi connectivity index (χ1) is 10.0. The van der Waals surface area contributed by atoms with Gasteiger partial charge in [-0.25, -0.2) is 0 Å². The molecule has 3 N–H and O–H groups in total. The highest BCUT2D eigenvalue weighted by atomic mass is 16.5. The first-order valence-corrected chi connectivity index (χ1v) is 6.93. The molecule has 1 aromatic carbocycles. The minimum Gasteiger partial charge on any atom is -0.495 e. The average molecular weight is 292 g/mol. The molecule has 1 aliphatic rings. The van der Waals surface area contributed by atoms with E-state index in [4.69, 9.17) is 15.6 Å². The quantitative estimate of drug-likeness (QED) is 0.627. The van der Waals surface area contributed by atoms with Crippen molar-refractivity contribution in [2.75, 3.05) is 32.5 Å². The highest BCUT2D eigenvalue weighted by Crippen LogP contribution is 2.23. The number of carbonyl (C=O) groups is 2. The Morgan fingerprint density at radius 1 is 1.38 bits per heavy atom. The van der Waals surface area contributed by atoms with E-state index in [1.807, 2.05) is 4.90 Å². The third kappa shape index (κ3) is 3.72. The third-order valence-electron chi connectivity index (χ3n) is 3.86. The Bertz CT molecular complexity index is 536. The van der Waals surface area contributed by atoms with E-state index >= 15 is 0 Å². The van der Waals surface area contributed by atoms with Crippen molar-refractivity contribution in [1.29, 1.82) is 0 Å². The molecule has 1 heterocycles. The number of methoxy groups -OCH3 is 1. The maximum atomic E-state index is 12.2. The highest BCUT2D eigenvalue weighted by molar-refractivity contribution is 5.98. The van der Waals surface area contributed by atoms with E-state index in [9.17, 15) is 9.59 Å². The molecule has 0 unspecified atom stereocenters. The second-order valence-electron chi connectivity index (χ2n) is 5.27. The molecular weight excluding hydrogens is 272 g/mol. The molecule has 0 bridgehead atoms. The van der Waals surface area contributed by atoms with Crippen LogP contribution in [0.25, 0.3) is 0 Å². The Morgan fingerprint density at radius 2 is 2.05 bits per heavy atom. The van der Waals surface area contributed by atoms with E-state index in [-0.39, 0.29) is 18.2 Å². The lowest BCUT2D eigenvalue weighted by Crippen LogP contribution is -2.39. The average Bonchev–Trinajstić information content (AvgIpc) is 2.47. The van der Waals surface area contributed by atoms with Crippen LogP contribution in [-0.2, 0) is 4.79 Å². The number of ketones is 1. The zero-order valence-electron chi connectivity index (χ0n) is 12.0. The van der Waals surface area contributed by atoms with Crippen molar-refractivity contribution in [3.63, 3.8) is 0 Å². The second kappa shape index (κ2) is 6.58. The molecule has 1 aliphatic heterocycles. The molecule has 21 heavy (non-hydrogen) atoms. The van der Waals surface area contributed by atoms with E-state index < -0.39 is 5.97 Å². The van der Waals surface area contributed by atoms with Crippen LogP contribution in [0.4, 0.5) is 5.69 Å². The summed E-state index contributed by atoms with van der Waals surface area (Å²) in [7, 11) is 1.53. The van der Waals surface area contributed by atoms with Crippen molar-refractivity contribution in [3.8, 4) is 5.75 Å². The van der Waals surface area contributed by atoms with Gasteiger partial charge >= 0.3 is 5.97 Å². The summed E-state index contributed by atoms with van der Waals surface area (Å²) in [4.78, 5) is 25.1. The fourth-order valence-electron chi connectivity index (χ4n) is 2.54. The van der Waals surface area contributed by atoms with Crippen LogP contribution in [0.5, 0.6) is 5.75 Å². The minimum atomic E-state index is -0.746. The number of carboxylic acids is 1. The van der Waals surface area contributed by atoms with Gasteiger partial charge in [-0.1, -0.05) is 0 Å². The summed E-state index contributed by atoms with van der Waals surface area (Å²) >= 11 is 0. The predicted octanol–water partition coefficient (Wildman–Crippen LogP) is 1.26. The molecule has 2 rings (SSSR count). The first kappa shape index (κ1) is 15.3. The van der Waals surface area contributed by atoms with Crippen LogP contribution in [0, 0.1) is 5.92 Å². The number of nitrogen functional groups attached to an aromatic ring is 1. The molecule has 0 aromatic heterocycles. The van der Waals surface area contributed by atoms with Crippen molar-refractivity contribution in [2.45, 2.75) is 12.8 Å². The van der Waals surface area contributed by atoms with Gasteiger partial charge in [0, 0.05) is 5.56 Å². The van der Waals surface area contributed by atoms with Gasteiger partial charge in [0.1, 0.15) is 5.75 Å². The standard InChI is InChI=1S/C15H20N2O4/c1-21-14-3-2-11(8-12(14)16)13(18)9-17-6-4-10(5-7-17)15(19)20/h2-3,8,10H,4-7,9,16H2,1H3,(H,19,20). The van der Waals surface area contributed by atoms with Gasteiger partial charge in [-0.05, 0) is 44.1 Å². The normalized spacial score (nSPS) is 16.6. The number of Topliss-reactive ketones (excluding diaryl/α,β-unsaturated/α-hetero) is 1. The van der Waals surface area contributed by atoms with E-state index in [0.717, 1.165) is 0 Å². The van der Waals surface area contributed by atoms with Crippen molar-refractivity contribution in [3.05, 3.63) is 23.8 Å². The molecule has 0 amide bonds. The maximum absolute atomic E-state index is 12.2. The monoisotopic (exact) mass is 292 g/mol. The number of hydrogen-bond donors (Lipinski definition) is 2. The zero-order valence-corrected chi connectivity index (χ0v) is 12.0. The number of nitrogens with two attached hydrogens (primary N) is 1. The van der Waals surface area contributed by atoms with E-state index in [1.165, 1.54) is 7.11 Å². The predicted molar refractivity (Wildman–Crippen MR) is 78.5 cm³/mol. The number of piperidine rings is 1. The summed E-state index contributed by atoms with van der Waals surface area (Å²) in [6.07, 6.45) is 1.18. The van der Waals surface area contributed by atoms with Gasteiger partial charge in [-0.15, -0.1) is 0 Å².